The number of rotatable bonds is 1. The van der Waals surface area contributed by atoms with Gasteiger partial charge in [0.05, 0.1) is 6.04 Å². The molecule has 1 N–H and O–H groups in total. The first-order chi connectivity index (χ1) is 8.81. The van der Waals surface area contributed by atoms with Gasteiger partial charge in [-0.1, -0.05) is 11.8 Å². The molecule has 1 aromatic carbocycles. The van der Waals surface area contributed by atoms with Crippen LogP contribution in [0.4, 0.5) is 5.69 Å². The summed E-state index contributed by atoms with van der Waals surface area (Å²) in [6, 6.07) is 6.31. The minimum Gasteiger partial charge on any atom is -0.486 e. The monoisotopic (exact) mass is 264 g/mol. The molecule has 4 nitrogen and oxygen atoms in total. The van der Waals surface area contributed by atoms with Gasteiger partial charge in [0.1, 0.15) is 13.2 Å². The lowest BCUT2D eigenvalue weighted by Crippen LogP contribution is -2.19. The van der Waals surface area contributed by atoms with Crippen molar-refractivity contribution in [2.45, 2.75) is 19.4 Å². The van der Waals surface area contributed by atoms with Crippen LogP contribution in [-0.4, -0.2) is 30.2 Å². The maximum absolute atomic E-state index is 5.56. The van der Waals surface area contributed by atoms with Gasteiger partial charge < -0.3 is 14.8 Å². The van der Waals surface area contributed by atoms with E-state index in [4.69, 9.17) is 9.47 Å². The zero-order valence-corrected chi connectivity index (χ0v) is 11.1. The highest BCUT2D eigenvalue weighted by molar-refractivity contribution is 8.14. The van der Waals surface area contributed by atoms with Crippen LogP contribution in [0.3, 0.4) is 0 Å². The summed E-state index contributed by atoms with van der Waals surface area (Å²) in [4.78, 5) is 4.59. The Morgan fingerprint density at radius 2 is 2.11 bits per heavy atom. The van der Waals surface area contributed by atoms with E-state index < -0.39 is 0 Å². The molecule has 96 valence electrons. The molecule has 0 aromatic heterocycles. The average molecular weight is 264 g/mol. The first-order valence-electron chi connectivity index (χ1n) is 6.18. The molecule has 0 saturated carbocycles. The lowest BCUT2D eigenvalue weighted by molar-refractivity contribution is 0.171. The first-order valence-corrected chi connectivity index (χ1v) is 7.17. The third-order valence-corrected chi connectivity index (χ3v) is 3.83. The van der Waals surface area contributed by atoms with Crippen LogP contribution in [0.15, 0.2) is 23.2 Å². The number of anilines is 1. The van der Waals surface area contributed by atoms with E-state index in [1.165, 1.54) is 0 Å². The summed E-state index contributed by atoms with van der Waals surface area (Å²) in [7, 11) is 0. The number of fused-ring (bicyclic) bond motifs is 1. The molecule has 0 bridgehead atoms. The number of aliphatic imine (C=N–C) groups is 1. The molecule has 0 saturated heterocycles. The Morgan fingerprint density at radius 1 is 1.28 bits per heavy atom. The van der Waals surface area contributed by atoms with Crippen LogP contribution in [0.1, 0.15) is 13.3 Å². The maximum atomic E-state index is 5.56. The van der Waals surface area contributed by atoms with Gasteiger partial charge in [-0.05, 0) is 25.5 Å². The van der Waals surface area contributed by atoms with Crippen molar-refractivity contribution in [3.8, 4) is 11.5 Å². The second kappa shape index (κ2) is 5.10. The number of benzene rings is 1. The van der Waals surface area contributed by atoms with Crippen LogP contribution >= 0.6 is 11.8 Å². The SMILES string of the molecule is CC1CCSC(Nc2ccc3c(c2)OCCO3)=N1. The Hall–Kier alpha value is -1.36. The van der Waals surface area contributed by atoms with Crippen molar-refractivity contribution < 1.29 is 9.47 Å². The molecule has 2 aliphatic rings. The Bertz CT molecular complexity index is 476. The molecular formula is C13H16N2O2S. The van der Waals surface area contributed by atoms with Crippen LogP contribution in [-0.2, 0) is 0 Å². The van der Waals surface area contributed by atoms with E-state index in [9.17, 15) is 0 Å². The van der Waals surface area contributed by atoms with Gasteiger partial charge in [-0.15, -0.1) is 0 Å². The summed E-state index contributed by atoms with van der Waals surface area (Å²) in [5.41, 5.74) is 1.000. The van der Waals surface area contributed by atoms with Gasteiger partial charge in [-0.2, -0.15) is 0 Å². The van der Waals surface area contributed by atoms with E-state index in [1.807, 2.05) is 18.2 Å². The largest absolute Gasteiger partial charge is 0.486 e. The Balaban J connectivity index is 1.76. The van der Waals surface area contributed by atoms with Crippen molar-refractivity contribution in [3.05, 3.63) is 18.2 Å². The van der Waals surface area contributed by atoms with Gasteiger partial charge in [-0.3, -0.25) is 4.99 Å². The minimum absolute atomic E-state index is 0.408. The summed E-state index contributed by atoms with van der Waals surface area (Å²) in [6.07, 6.45) is 1.15. The van der Waals surface area contributed by atoms with Crippen LogP contribution < -0.4 is 14.8 Å². The molecule has 3 rings (SSSR count). The topological polar surface area (TPSA) is 42.8 Å². The zero-order valence-electron chi connectivity index (χ0n) is 10.3. The summed E-state index contributed by atoms with van der Waals surface area (Å²) in [5, 5.41) is 4.33. The van der Waals surface area contributed by atoms with Gasteiger partial charge in [0.15, 0.2) is 16.7 Å². The molecule has 1 aromatic rings. The highest BCUT2D eigenvalue weighted by atomic mass is 32.2. The minimum atomic E-state index is 0.408. The van der Waals surface area contributed by atoms with Gasteiger partial charge >= 0.3 is 0 Å². The molecule has 2 heterocycles. The summed E-state index contributed by atoms with van der Waals surface area (Å²) in [5.74, 6) is 2.75. The number of hydrogen-bond donors (Lipinski definition) is 1. The second-order valence-corrected chi connectivity index (χ2v) is 5.49. The zero-order chi connectivity index (χ0) is 12.4. The normalized spacial score (nSPS) is 22.3. The van der Waals surface area contributed by atoms with Crippen molar-refractivity contribution in [1.82, 2.24) is 0 Å². The first kappa shape index (κ1) is 11.7. The fourth-order valence-electron chi connectivity index (χ4n) is 1.94. The van der Waals surface area contributed by atoms with Gasteiger partial charge in [0.2, 0.25) is 0 Å². The molecule has 1 atom stereocenters. The molecular weight excluding hydrogens is 248 g/mol. The van der Waals surface area contributed by atoms with Crippen molar-refractivity contribution in [2.75, 3.05) is 24.3 Å². The summed E-state index contributed by atoms with van der Waals surface area (Å²) >= 11 is 1.77. The lowest BCUT2D eigenvalue weighted by Gasteiger charge is -2.21. The van der Waals surface area contributed by atoms with Crippen LogP contribution in [0.2, 0.25) is 0 Å². The second-order valence-electron chi connectivity index (χ2n) is 4.40. The van der Waals surface area contributed by atoms with E-state index in [1.54, 1.807) is 11.8 Å². The van der Waals surface area contributed by atoms with E-state index in [0.717, 1.165) is 34.5 Å². The number of amidine groups is 1. The van der Waals surface area contributed by atoms with Crippen molar-refractivity contribution in [1.29, 1.82) is 0 Å². The lowest BCUT2D eigenvalue weighted by atomic mass is 10.2. The van der Waals surface area contributed by atoms with Crippen molar-refractivity contribution >= 4 is 22.6 Å². The van der Waals surface area contributed by atoms with Gasteiger partial charge in [0.25, 0.3) is 0 Å². The molecule has 0 spiro atoms. The van der Waals surface area contributed by atoms with E-state index in [2.05, 4.69) is 17.2 Å². The Labute approximate surface area is 111 Å². The van der Waals surface area contributed by atoms with Crippen LogP contribution in [0.25, 0.3) is 0 Å². The third-order valence-electron chi connectivity index (χ3n) is 2.91. The average Bonchev–Trinajstić information content (AvgIpc) is 2.39. The molecule has 5 heteroatoms. The van der Waals surface area contributed by atoms with Gasteiger partial charge in [0, 0.05) is 17.5 Å². The fourth-order valence-corrected chi connectivity index (χ4v) is 3.04. The van der Waals surface area contributed by atoms with E-state index >= 15 is 0 Å². The fraction of sp³-hybridized carbons (Fsp3) is 0.462. The predicted octanol–water partition coefficient (Wildman–Crippen LogP) is 2.75. The van der Waals surface area contributed by atoms with Crippen LogP contribution in [0, 0.1) is 0 Å². The van der Waals surface area contributed by atoms with E-state index in [0.29, 0.717) is 19.3 Å². The Kier molecular flexibility index (Phi) is 3.32. The molecule has 0 fully saturated rings. The summed E-state index contributed by atoms with van der Waals surface area (Å²) < 4.78 is 11.1. The smallest absolute Gasteiger partial charge is 0.163 e. The summed E-state index contributed by atoms with van der Waals surface area (Å²) in [6.45, 7) is 3.38. The highest BCUT2D eigenvalue weighted by Gasteiger charge is 2.14. The number of nitrogens with one attached hydrogen (secondary N) is 1. The molecule has 0 aliphatic carbocycles. The third kappa shape index (κ3) is 2.56. The predicted molar refractivity (Wildman–Crippen MR) is 75.0 cm³/mol. The van der Waals surface area contributed by atoms with Crippen molar-refractivity contribution in [2.24, 2.45) is 4.99 Å². The van der Waals surface area contributed by atoms with Crippen LogP contribution in [0.5, 0.6) is 11.5 Å². The standard InChI is InChI=1S/C13H16N2O2S/c1-9-4-7-18-13(14-9)15-10-2-3-11-12(8-10)17-6-5-16-11/h2-3,8-9H,4-7H2,1H3,(H,14,15). The number of ether oxygens (including phenoxy) is 2. The molecule has 0 radical (unpaired) electrons. The number of nitrogens with zero attached hydrogens (tertiary/aromatic N) is 1. The molecule has 2 aliphatic heterocycles. The van der Waals surface area contributed by atoms with Gasteiger partial charge in [-0.25, -0.2) is 0 Å². The van der Waals surface area contributed by atoms with E-state index in [-0.39, 0.29) is 0 Å². The number of thioether (sulfide) groups is 1. The Morgan fingerprint density at radius 3 is 2.94 bits per heavy atom. The quantitative estimate of drug-likeness (QED) is 0.847. The number of hydrogen-bond acceptors (Lipinski definition) is 5. The molecule has 0 amide bonds. The highest BCUT2D eigenvalue weighted by Crippen LogP contribution is 2.33. The van der Waals surface area contributed by atoms with Crippen molar-refractivity contribution in [3.63, 3.8) is 0 Å². The maximum Gasteiger partial charge on any atom is 0.163 e. The molecule has 1 unspecified atom stereocenters. The molecule has 18 heavy (non-hydrogen) atoms.